The molecule has 0 aromatic heterocycles. The topological polar surface area (TPSA) is 62.2 Å². The van der Waals surface area contributed by atoms with Crippen LogP contribution in [0.2, 0.25) is 0 Å². The molecule has 1 atom stereocenters. The number of carbonyl (C=O) groups is 1. The predicted molar refractivity (Wildman–Crippen MR) is 94.7 cm³/mol. The fourth-order valence-corrected chi connectivity index (χ4v) is 3.42. The number of aryl methyl sites for hydroxylation is 1. The third kappa shape index (κ3) is 4.93. The van der Waals surface area contributed by atoms with E-state index in [9.17, 15) is 9.90 Å². The fraction of sp³-hybridized carbons (Fsp3) is 0.632. The molecule has 2 heterocycles. The van der Waals surface area contributed by atoms with Crippen LogP contribution in [0.3, 0.4) is 0 Å². The van der Waals surface area contributed by atoms with E-state index >= 15 is 0 Å². The molecule has 1 amide bonds. The molecule has 138 valence electrons. The normalized spacial score (nSPS) is 25.0. The first kappa shape index (κ1) is 18.2. The number of piperidine rings is 1. The van der Waals surface area contributed by atoms with Gasteiger partial charge in [0.25, 0.3) is 0 Å². The van der Waals surface area contributed by atoms with Crippen molar-refractivity contribution in [2.75, 3.05) is 52.5 Å². The summed E-state index contributed by atoms with van der Waals surface area (Å²) in [6.07, 6.45) is 1.45. The van der Waals surface area contributed by atoms with E-state index in [-0.39, 0.29) is 12.5 Å². The van der Waals surface area contributed by atoms with Crippen LogP contribution < -0.4 is 4.74 Å². The van der Waals surface area contributed by atoms with Gasteiger partial charge in [-0.2, -0.15) is 0 Å². The summed E-state index contributed by atoms with van der Waals surface area (Å²) >= 11 is 0. The van der Waals surface area contributed by atoms with Gasteiger partial charge in [-0.25, -0.2) is 0 Å². The Morgan fingerprint density at radius 3 is 2.80 bits per heavy atom. The first-order valence-corrected chi connectivity index (χ1v) is 9.04. The molecule has 2 saturated heterocycles. The van der Waals surface area contributed by atoms with Gasteiger partial charge in [-0.3, -0.25) is 9.69 Å². The van der Waals surface area contributed by atoms with Gasteiger partial charge in [0, 0.05) is 19.6 Å². The van der Waals surface area contributed by atoms with Crippen molar-refractivity contribution in [3.05, 3.63) is 29.8 Å². The Bertz CT molecular complexity index is 589. The number of hydrogen-bond donors (Lipinski definition) is 1. The monoisotopic (exact) mass is 348 g/mol. The average Bonchev–Trinajstić information content (AvgIpc) is 2.62. The molecule has 2 aliphatic rings. The van der Waals surface area contributed by atoms with Gasteiger partial charge in [0.15, 0.2) is 0 Å². The molecule has 3 rings (SSSR count). The van der Waals surface area contributed by atoms with Crippen molar-refractivity contribution in [3.63, 3.8) is 0 Å². The van der Waals surface area contributed by atoms with Gasteiger partial charge in [0.05, 0.1) is 26.3 Å². The Hall–Kier alpha value is -1.63. The zero-order valence-corrected chi connectivity index (χ0v) is 14.9. The molecule has 0 bridgehead atoms. The summed E-state index contributed by atoms with van der Waals surface area (Å²) in [4.78, 5) is 16.5. The number of nitrogens with zero attached hydrogens (tertiary/aromatic N) is 2. The highest BCUT2D eigenvalue weighted by atomic mass is 16.5. The second-order valence-corrected chi connectivity index (χ2v) is 7.09. The number of likely N-dealkylation sites (tertiary alicyclic amines) is 1. The van der Waals surface area contributed by atoms with Crippen molar-refractivity contribution in [3.8, 4) is 5.75 Å². The molecule has 0 aliphatic carbocycles. The SMILES string of the molecule is Cc1ccccc1OC[C@@]1(O)CCCN(C(=O)CN2CCOCC2)C1. The van der Waals surface area contributed by atoms with Gasteiger partial charge >= 0.3 is 0 Å². The minimum atomic E-state index is -0.985. The largest absolute Gasteiger partial charge is 0.490 e. The van der Waals surface area contributed by atoms with Crippen LogP contribution in [0.1, 0.15) is 18.4 Å². The summed E-state index contributed by atoms with van der Waals surface area (Å²) in [6.45, 7) is 6.58. The number of rotatable bonds is 5. The van der Waals surface area contributed by atoms with E-state index in [1.54, 1.807) is 4.90 Å². The van der Waals surface area contributed by atoms with Gasteiger partial charge in [0.1, 0.15) is 18.0 Å². The summed E-state index contributed by atoms with van der Waals surface area (Å²) in [5, 5.41) is 10.9. The highest BCUT2D eigenvalue weighted by Gasteiger charge is 2.36. The Kier molecular flexibility index (Phi) is 5.93. The minimum absolute atomic E-state index is 0.0796. The van der Waals surface area contributed by atoms with Crippen molar-refractivity contribution in [2.24, 2.45) is 0 Å². The Morgan fingerprint density at radius 1 is 1.28 bits per heavy atom. The van der Waals surface area contributed by atoms with Crippen LogP contribution in [-0.4, -0.2) is 79.0 Å². The lowest BCUT2D eigenvalue weighted by atomic mass is 9.93. The lowest BCUT2D eigenvalue weighted by Gasteiger charge is -2.40. The molecule has 1 N–H and O–H groups in total. The van der Waals surface area contributed by atoms with Gasteiger partial charge in [0.2, 0.25) is 5.91 Å². The van der Waals surface area contributed by atoms with Crippen LogP contribution in [0.4, 0.5) is 0 Å². The molecular weight excluding hydrogens is 320 g/mol. The van der Waals surface area contributed by atoms with E-state index in [4.69, 9.17) is 9.47 Å². The summed E-state index contributed by atoms with van der Waals surface area (Å²) in [6, 6.07) is 7.77. The van der Waals surface area contributed by atoms with E-state index in [1.165, 1.54) is 0 Å². The molecule has 0 radical (unpaired) electrons. The van der Waals surface area contributed by atoms with E-state index < -0.39 is 5.60 Å². The minimum Gasteiger partial charge on any atom is -0.490 e. The van der Waals surface area contributed by atoms with Gasteiger partial charge in [-0.05, 0) is 31.4 Å². The first-order valence-electron chi connectivity index (χ1n) is 9.04. The quantitative estimate of drug-likeness (QED) is 0.862. The maximum atomic E-state index is 12.6. The van der Waals surface area contributed by atoms with Crippen molar-refractivity contribution < 1.29 is 19.4 Å². The van der Waals surface area contributed by atoms with Crippen LogP contribution in [0.5, 0.6) is 5.75 Å². The van der Waals surface area contributed by atoms with Crippen LogP contribution >= 0.6 is 0 Å². The molecule has 2 fully saturated rings. The molecule has 1 aromatic carbocycles. The molecule has 2 aliphatic heterocycles. The Morgan fingerprint density at radius 2 is 2.04 bits per heavy atom. The number of amides is 1. The Balaban J connectivity index is 1.54. The standard InChI is InChI=1S/C19H28N2O4/c1-16-5-2-3-6-17(16)25-15-19(23)7-4-8-21(14-19)18(22)13-20-9-11-24-12-10-20/h2-3,5-6,23H,4,7-15H2,1H3/t19-/m1/s1. The van der Waals surface area contributed by atoms with Crippen molar-refractivity contribution in [2.45, 2.75) is 25.4 Å². The molecule has 6 heteroatoms. The molecule has 25 heavy (non-hydrogen) atoms. The highest BCUT2D eigenvalue weighted by Crippen LogP contribution is 2.24. The fourth-order valence-electron chi connectivity index (χ4n) is 3.42. The second-order valence-electron chi connectivity index (χ2n) is 7.09. The lowest BCUT2D eigenvalue weighted by Crippen LogP contribution is -2.55. The summed E-state index contributed by atoms with van der Waals surface area (Å²) in [5.74, 6) is 0.864. The number of ether oxygens (including phenoxy) is 2. The third-order valence-corrected chi connectivity index (χ3v) is 4.96. The average molecular weight is 348 g/mol. The van der Waals surface area contributed by atoms with Gasteiger partial charge in [-0.1, -0.05) is 18.2 Å². The van der Waals surface area contributed by atoms with E-state index in [0.717, 1.165) is 30.8 Å². The molecular formula is C19H28N2O4. The molecule has 6 nitrogen and oxygen atoms in total. The van der Waals surface area contributed by atoms with E-state index in [0.29, 0.717) is 39.3 Å². The predicted octanol–water partition coefficient (Wildman–Crippen LogP) is 1.06. The highest BCUT2D eigenvalue weighted by molar-refractivity contribution is 5.78. The number of benzene rings is 1. The van der Waals surface area contributed by atoms with Crippen molar-refractivity contribution in [1.29, 1.82) is 0 Å². The zero-order valence-electron chi connectivity index (χ0n) is 14.9. The summed E-state index contributed by atoms with van der Waals surface area (Å²) in [7, 11) is 0. The van der Waals surface area contributed by atoms with E-state index in [1.807, 2.05) is 31.2 Å². The smallest absolute Gasteiger partial charge is 0.236 e. The van der Waals surface area contributed by atoms with Crippen molar-refractivity contribution >= 4 is 5.91 Å². The lowest BCUT2D eigenvalue weighted by molar-refractivity contribution is -0.142. The van der Waals surface area contributed by atoms with Gasteiger partial charge in [-0.15, -0.1) is 0 Å². The van der Waals surface area contributed by atoms with Gasteiger partial charge < -0.3 is 19.5 Å². The number of para-hydroxylation sites is 1. The zero-order chi connectivity index (χ0) is 17.7. The first-order chi connectivity index (χ1) is 12.1. The Labute approximate surface area is 149 Å². The maximum Gasteiger partial charge on any atom is 0.236 e. The number of aliphatic hydroxyl groups is 1. The van der Waals surface area contributed by atoms with Crippen LogP contribution in [0.25, 0.3) is 0 Å². The number of morpholine rings is 1. The summed E-state index contributed by atoms with van der Waals surface area (Å²) < 4.78 is 11.2. The van der Waals surface area contributed by atoms with Crippen LogP contribution in [0, 0.1) is 6.92 Å². The van der Waals surface area contributed by atoms with Crippen LogP contribution in [-0.2, 0) is 9.53 Å². The molecule has 0 saturated carbocycles. The second kappa shape index (κ2) is 8.17. The molecule has 1 aromatic rings. The van der Waals surface area contributed by atoms with Crippen molar-refractivity contribution in [1.82, 2.24) is 9.80 Å². The molecule has 0 unspecified atom stereocenters. The van der Waals surface area contributed by atoms with Crippen LogP contribution in [0.15, 0.2) is 24.3 Å². The maximum absolute atomic E-state index is 12.6. The number of carbonyl (C=O) groups excluding carboxylic acids is 1. The molecule has 0 spiro atoms. The van der Waals surface area contributed by atoms with E-state index in [2.05, 4.69) is 4.90 Å². The number of β-amino-alcohol motifs (C(OH)–C–C–N with tert-alkyl or cyclic N) is 1. The summed E-state index contributed by atoms with van der Waals surface area (Å²) in [5.41, 5.74) is 0.0587. The number of hydrogen-bond acceptors (Lipinski definition) is 5. The third-order valence-electron chi connectivity index (χ3n) is 4.96.